The van der Waals surface area contributed by atoms with Crippen molar-refractivity contribution in [2.24, 2.45) is 10.1 Å². The molecule has 0 aliphatic carbocycles. The molecule has 130 valence electrons. The third-order valence-electron chi connectivity index (χ3n) is 3.47. The van der Waals surface area contributed by atoms with Crippen molar-refractivity contribution >= 4 is 17.4 Å². The predicted octanol–water partition coefficient (Wildman–Crippen LogP) is 2.83. The molecule has 7 nitrogen and oxygen atoms in total. The number of benzene rings is 1. The van der Waals surface area contributed by atoms with E-state index in [0.29, 0.717) is 13.1 Å². The molecule has 0 bridgehead atoms. The summed E-state index contributed by atoms with van der Waals surface area (Å²) in [6.45, 7) is 1.26. The molecule has 1 heterocycles. The number of nitrogens with one attached hydrogen (secondary N) is 1. The van der Waals surface area contributed by atoms with E-state index in [1.165, 1.54) is 19.2 Å². The molecule has 1 fully saturated rings. The predicted molar refractivity (Wildman–Crippen MR) is 83.7 cm³/mol. The summed E-state index contributed by atoms with van der Waals surface area (Å²) in [5, 5.41) is 14.9. The number of aliphatic imine (C=N–C) groups is 1. The molecular formula is C14H16F3N5O2. The van der Waals surface area contributed by atoms with Crippen LogP contribution in [0.4, 0.5) is 18.9 Å². The van der Waals surface area contributed by atoms with E-state index in [-0.39, 0.29) is 11.5 Å². The first kappa shape index (κ1) is 17.7. The molecule has 0 aromatic heterocycles. The van der Waals surface area contributed by atoms with Crippen LogP contribution in [0.2, 0.25) is 0 Å². The Morgan fingerprint density at radius 1 is 1.33 bits per heavy atom. The average Bonchev–Trinajstić information content (AvgIpc) is 3.04. The lowest BCUT2D eigenvalue weighted by Gasteiger charge is -2.16. The van der Waals surface area contributed by atoms with Gasteiger partial charge < -0.3 is 15.0 Å². The van der Waals surface area contributed by atoms with E-state index in [1.807, 2.05) is 0 Å². The average molecular weight is 343 g/mol. The highest BCUT2D eigenvalue weighted by Gasteiger charge is 2.31. The minimum Gasteiger partial charge on any atom is -0.358 e. The number of hydrogen-bond donors (Lipinski definition) is 1. The van der Waals surface area contributed by atoms with Gasteiger partial charge >= 0.3 is 12.0 Å². The summed E-state index contributed by atoms with van der Waals surface area (Å²) in [5.41, 5.74) is 1.45. The molecule has 0 atom stereocenters. The highest BCUT2D eigenvalue weighted by atomic mass is 19.4. The second-order valence-corrected chi connectivity index (χ2v) is 5.12. The van der Waals surface area contributed by atoms with Crippen LogP contribution in [-0.4, -0.2) is 41.6 Å². The maximum atomic E-state index is 12.7. The first-order valence-corrected chi connectivity index (χ1v) is 7.20. The van der Waals surface area contributed by atoms with E-state index >= 15 is 0 Å². The van der Waals surface area contributed by atoms with Gasteiger partial charge in [0.05, 0.1) is 16.4 Å². The van der Waals surface area contributed by atoms with Crippen LogP contribution in [0.25, 0.3) is 0 Å². The summed E-state index contributed by atoms with van der Waals surface area (Å²) in [6, 6.07) is 4.28. The number of rotatable bonds is 2. The van der Waals surface area contributed by atoms with Crippen molar-refractivity contribution in [3.8, 4) is 0 Å². The number of hydrogen-bond acceptors (Lipinski definition) is 5. The quantitative estimate of drug-likeness (QED) is 0.387. The fraction of sp³-hybridized carbons (Fsp3) is 0.429. The van der Waals surface area contributed by atoms with Gasteiger partial charge in [-0.1, -0.05) is 6.07 Å². The molecule has 1 aliphatic heterocycles. The van der Waals surface area contributed by atoms with Crippen molar-refractivity contribution < 1.29 is 18.1 Å². The fourth-order valence-corrected chi connectivity index (χ4v) is 2.37. The summed E-state index contributed by atoms with van der Waals surface area (Å²) in [5.74, 6) is -0.422. The molecule has 1 saturated heterocycles. The second-order valence-electron chi connectivity index (χ2n) is 5.12. The van der Waals surface area contributed by atoms with Gasteiger partial charge in [-0.25, -0.2) is 0 Å². The fourth-order valence-electron chi connectivity index (χ4n) is 2.37. The molecule has 0 radical (unpaired) electrons. The SMILES string of the molecule is CN=C(C(=NNc1cccc(C(F)(F)F)c1)[N+](=O)[O-])N1CCCC1. The molecule has 1 aliphatic rings. The van der Waals surface area contributed by atoms with Crippen LogP contribution in [0.1, 0.15) is 18.4 Å². The van der Waals surface area contributed by atoms with Gasteiger partial charge in [0.15, 0.2) is 0 Å². The Morgan fingerprint density at radius 3 is 2.54 bits per heavy atom. The number of nitro groups is 1. The zero-order valence-corrected chi connectivity index (χ0v) is 12.9. The maximum absolute atomic E-state index is 12.7. The van der Waals surface area contributed by atoms with Crippen LogP contribution >= 0.6 is 0 Å². The van der Waals surface area contributed by atoms with Crippen LogP contribution in [-0.2, 0) is 6.18 Å². The molecular weight excluding hydrogens is 327 g/mol. The highest BCUT2D eigenvalue weighted by molar-refractivity contribution is 6.37. The van der Waals surface area contributed by atoms with Crippen molar-refractivity contribution in [1.82, 2.24) is 4.90 Å². The van der Waals surface area contributed by atoms with Crippen molar-refractivity contribution in [2.75, 3.05) is 25.6 Å². The van der Waals surface area contributed by atoms with Crippen molar-refractivity contribution in [1.29, 1.82) is 0 Å². The summed E-state index contributed by atoms with van der Waals surface area (Å²) in [4.78, 5) is 16.2. The molecule has 24 heavy (non-hydrogen) atoms. The second kappa shape index (κ2) is 7.28. The van der Waals surface area contributed by atoms with E-state index in [2.05, 4.69) is 15.5 Å². The summed E-state index contributed by atoms with van der Waals surface area (Å²) < 4.78 is 38.1. The van der Waals surface area contributed by atoms with Crippen LogP contribution in [0.3, 0.4) is 0 Å². The first-order valence-electron chi connectivity index (χ1n) is 7.20. The largest absolute Gasteiger partial charge is 0.430 e. The number of alkyl halides is 3. The molecule has 10 heteroatoms. The van der Waals surface area contributed by atoms with Crippen molar-refractivity contribution in [3.05, 3.63) is 39.9 Å². The summed E-state index contributed by atoms with van der Waals surface area (Å²) in [7, 11) is 1.41. The van der Waals surface area contributed by atoms with Crippen LogP contribution in [0.15, 0.2) is 34.4 Å². The van der Waals surface area contributed by atoms with E-state index in [1.54, 1.807) is 4.90 Å². The van der Waals surface area contributed by atoms with Gasteiger partial charge in [-0.05, 0) is 36.0 Å². The van der Waals surface area contributed by atoms with Crippen molar-refractivity contribution in [3.63, 3.8) is 0 Å². The third kappa shape index (κ3) is 4.21. The Bertz CT molecular complexity index is 667. The van der Waals surface area contributed by atoms with Crippen LogP contribution < -0.4 is 5.43 Å². The van der Waals surface area contributed by atoms with E-state index in [0.717, 1.165) is 25.0 Å². The van der Waals surface area contributed by atoms with Gasteiger partial charge in [-0.2, -0.15) is 18.6 Å². The number of likely N-dealkylation sites (tertiary alicyclic amines) is 1. The Morgan fingerprint density at radius 2 is 2.00 bits per heavy atom. The van der Waals surface area contributed by atoms with Gasteiger partial charge in [-0.3, -0.25) is 4.99 Å². The molecule has 1 N–H and O–H groups in total. The van der Waals surface area contributed by atoms with Crippen LogP contribution in [0.5, 0.6) is 0 Å². The molecule has 0 spiro atoms. The maximum Gasteiger partial charge on any atom is 0.430 e. The Kier molecular flexibility index (Phi) is 5.37. The number of nitrogens with zero attached hydrogens (tertiary/aromatic N) is 4. The number of amidine groups is 2. The Labute approximate surface area is 136 Å². The summed E-state index contributed by atoms with van der Waals surface area (Å²) in [6.07, 6.45) is -2.71. The van der Waals surface area contributed by atoms with Gasteiger partial charge in [0.25, 0.3) is 0 Å². The molecule has 0 unspecified atom stereocenters. The smallest absolute Gasteiger partial charge is 0.358 e. The molecule has 1 aromatic rings. The normalized spacial score (nSPS) is 16.4. The lowest BCUT2D eigenvalue weighted by atomic mass is 10.2. The standard InChI is InChI=1S/C14H16F3N5O2/c1-18-12(21-7-2-3-8-21)13(22(23)24)20-19-11-6-4-5-10(9-11)14(15,16)17/h4-6,9,19H,2-3,7-8H2,1H3. The van der Waals surface area contributed by atoms with Crippen molar-refractivity contribution in [2.45, 2.75) is 19.0 Å². The van der Waals surface area contributed by atoms with Gasteiger partial charge in [0, 0.05) is 20.1 Å². The van der Waals surface area contributed by atoms with E-state index < -0.39 is 22.5 Å². The zero-order chi connectivity index (χ0) is 17.7. The molecule has 1 aromatic carbocycles. The number of hydrazone groups is 1. The summed E-state index contributed by atoms with van der Waals surface area (Å²) >= 11 is 0. The monoisotopic (exact) mass is 343 g/mol. The highest BCUT2D eigenvalue weighted by Crippen LogP contribution is 2.30. The van der Waals surface area contributed by atoms with E-state index in [9.17, 15) is 23.3 Å². The van der Waals surface area contributed by atoms with Crippen LogP contribution in [0, 0.1) is 10.1 Å². The molecule has 0 saturated carbocycles. The lowest BCUT2D eigenvalue weighted by molar-refractivity contribution is -0.346. The molecule has 2 rings (SSSR count). The number of halogens is 3. The van der Waals surface area contributed by atoms with E-state index in [4.69, 9.17) is 0 Å². The Hall–Kier alpha value is -2.65. The topological polar surface area (TPSA) is 83.1 Å². The number of anilines is 1. The van der Waals surface area contributed by atoms with Gasteiger partial charge in [0.1, 0.15) is 0 Å². The first-order chi connectivity index (χ1) is 11.3. The molecule has 0 amide bonds. The lowest BCUT2D eigenvalue weighted by Crippen LogP contribution is -2.38. The zero-order valence-electron chi connectivity index (χ0n) is 12.9. The Balaban J connectivity index is 2.24. The van der Waals surface area contributed by atoms with Gasteiger partial charge in [0.2, 0.25) is 5.84 Å². The third-order valence-corrected chi connectivity index (χ3v) is 3.47. The van der Waals surface area contributed by atoms with Gasteiger partial charge in [-0.15, -0.1) is 0 Å². The minimum absolute atomic E-state index is 0.000972. The minimum atomic E-state index is -4.50.